The molecule has 3 unspecified atom stereocenters. The molecular formula is C9H18O5. The molecule has 0 heterocycles. The summed E-state index contributed by atoms with van der Waals surface area (Å²) in [5, 5.41) is 27.2. The summed E-state index contributed by atoms with van der Waals surface area (Å²) in [6.07, 6.45) is -1.98. The van der Waals surface area contributed by atoms with E-state index in [0.717, 1.165) is 6.42 Å². The van der Waals surface area contributed by atoms with Crippen LogP contribution in [-0.4, -0.2) is 39.8 Å². The summed E-state index contributed by atoms with van der Waals surface area (Å²) in [4.78, 5) is 10.8. The zero-order valence-corrected chi connectivity index (χ0v) is 8.51. The zero-order valence-electron chi connectivity index (χ0n) is 8.51. The van der Waals surface area contributed by atoms with Crippen molar-refractivity contribution in [2.45, 2.75) is 51.6 Å². The smallest absolute Gasteiger partial charge is 0.336 e. The average Bonchev–Trinajstić information content (AvgIpc) is 2.03. The van der Waals surface area contributed by atoms with Crippen LogP contribution in [0.5, 0.6) is 0 Å². The van der Waals surface area contributed by atoms with E-state index >= 15 is 0 Å². The molecule has 5 nitrogen and oxygen atoms in total. The lowest BCUT2D eigenvalue weighted by atomic mass is 10.1. The molecule has 0 aromatic heterocycles. The number of carbonyl (C=O) groups is 1. The second-order valence-corrected chi connectivity index (χ2v) is 3.25. The van der Waals surface area contributed by atoms with Crippen LogP contribution in [0.15, 0.2) is 0 Å². The van der Waals surface area contributed by atoms with Crippen LogP contribution in [0.25, 0.3) is 0 Å². The van der Waals surface area contributed by atoms with Crippen LogP contribution in [0.4, 0.5) is 0 Å². The van der Waals surface area contributed by atoms with Gasteiger partial charge in [-0.05, 0) is 13.3 Å². The predicted molar refractivity (Wildman–Crippen MR) is 49.3 cm³/mol. The Balaban J connectivity index is 3.74. The largest absolute Gasteiger partial charge is 0.434 e. The molecule has 3 N–H and O–H groups in total. The molecule has 0 spiro atoms. The molecule has 0 amide bonds. The second kappa shape index (κ2) is 6.75. The third kappa shape index (κ3) is 5.90. The van der Waals surface area contributed by atoms with Crippen molar-refractivity contribution >= 4 is 5.97 Å². The monoisotopic (exact) mass is 206 g/mol. The van der Waals surface area contributed by atoms with E-state index < -0.39 is 24.5 Å². The summed E-state index contributed by atoms with van der Waals surface area (Å²) < 4.78 is 4.44. The van der Waals surface area contributed by atoms with E-state index in [4.69, 9.17) is 10.2 Å². The van der Waals surface area contributed by atoms with Gasteiger partial charge in [0.1, 0.15) is 6.10 Å². The number of hydrogen-bond donors (Lipinski definition) is 3. The molecule has 0 aromatic carbocycles. The van der Waals surface area contributed by atoms with Gasteiger partial charge in [0.25, 0.3) is 0 Å². The Bertz CT molecular complexity index is 169. The Morgan fingerprint density at radius 1 is 1.36 bits per heavy atom. The van der Waals surface area contributed by atoms with E-state index in [1.165, 1.54) is 6.92 Å². The minimum atomic E-state index is -1.35. The molecule has 0 rings (SSSR count). The molecule has 0 bridgehead atoms. The van der Waals surface area contributed by atoms with E-state index in [2.05, 4.69) is 4.74 Å². The van der Waals surface area contributed by atoms with Crippen molar-refractivity contribution in [2.24, 2.45) is 0 Å². The van der Waals surface area contributed by atoms with Crippen molar-refractivity contribution in [3.8, 4) is 0 Å². The topological polar surface area (TPSA) is 87.0 Å². The molecule has 84 valence electrons. The number of aliphatic hydroxyl groups excluding tert-OH is 3. The van der Waals surface area contributed by atoms with Gasteiger partial charge in [0.05, 0.1) is 6.10 Å². The highest BCUT2D eigenvalue weighted by Crippen LogP contribution is 2.06. The molecule has 14 heavy (non-hydrogen) atoms. The molecule has 0 aliphatic rings. The molecule has 0 aliphatic carbocycles. The van der Waals surface area contributed by atoms with E-state index in [0.29, 0.717) is 6.42 Å². The quantitative estimate of drug-likeness (QED) is 0.413. The Morgan fingerprint density at radius 2 is 1.93 bits per heavy atom. The van der Waals surface area contributed by atoms with Gasteiger partial charge < -0.3 is 20.1 Å². The van der Waals surface area contributed by atoms with E-state index in [9.17, 15) is 9.90 Å². The van der Waals surface area contributed by atoms with Crippen LogP contribution >= 0.6 is 0 Å². The molecule has 3 atom stereocenters. The first-order valence-corrected chi connectivity index (χ1v) is 4.72. The first-order valence-electron chi connectivity index (χ1n) is 4.72. The highest BCUT2D eigenvalue weighted by molar-refractivity contribution is 5.73. The number of esters is 1. The van der Waals surface area contributed by atoms with Gasteiger partial charge in [-0.3, -0.25) is 0 Å². The van der Waals surface area contributed by atoms with E-state index in [1.807, 2.05) is 6.92 Å². The van der Waals surface area contributed by atoms with Crippen LogP contribution in [-0.2, 0) is 9.53 Å². The van der Waals surface area contributed by atoms with E-state index in [-0.39, 0.29) is 6.42 Å². The minimum absolute atomic E-state index is 0.0215. The number of hydrogen-bond acceptors (Lipinski definition) is 5. The van der Waals surface area contributed by atoms with Crippen LogP contribution in [0.3, 0.4) is 0 Å². The lowest BCUT2D eigenvalue weighted by Gasteiger charge is -2.16. The summed E-state index contributed by atoms with van der Waals surface area (Å²) in [6.45, 7) is 3.15. The molecule has 0 aromatic rings. The van der Waals surface area contributed by atoms with Gasteiger partial charge >= 0.3 is 5.97 Å². The first kappa shape index (κ1) is 13.4. The molecular weight excluding hydrogens is 188 g/mol. The predicted octanol–water partition coefficient (Wildman–Crippen LogP) is -0.220. The Labute approximate surface area is 83.3 Å². The van der Waals surface area contributed by atoms with Gasteiger partial charge in [0.2, 0.25) is 6.29 Å². The lowest BCUT2D eigenvalue weighted by Crippen LogP contribution is -2.28. The standard InChI is InChI=1S/C9H18O5/c1-3-4-7(11)5-8(12)14-9(13)6(2)10/h6-8,10-12H,3-5H2,1-2H3. The SMILES string of the molecule is CCCC(O)CC(O)OC(=O)C(C)O. The molecule has 0 aliphatic heterocycles. The van der Waals surface area contributed by atoms with Gasteiger partial charge in [0.15, 0.2) is 0 Å². The van der Waals surface area contributed by atoms with Crippen LogP contribution in [0.1, 0.15) is 33.1 Å². The highest BCUT2D eigenvalue weighted by atomic mass is 16.6. The Morgan fingerprint density at radius 3 is 2.36 bits per heavy atom. The molecule has 0 fully saturated rings. The van der Waals surface area contributed by atoms with Crippen LogP contribution in [0, 0.1) is 0 Å². The van der Waals surface area contributed by atoms with Gasteiger partial charge in [-0.15, -0.1) is 0 Å². The minimum Gasteiger partial charge on any atom is -0.434 e. The normalized spacial score (nSPS) is 17.2. The number of ether oxygens (including phenoxy) is 1. The highest BCUT2D eigenvalue weighted by Gasteiger charge is 2.18. The van der Waals surface area contributed by atoms with Crippen molar-refractivity contribution in [2.75, 3.05) is 0 Å². The number of rotatable bonds is 6. The summed E-state index contributed by atoms with van der Waals surface area (Å²) >= 11 is 0. The zero-order chi connectivity index (χ0) is 11.1. The van der Waals surface area contributed by atoms with Gasteiger partial charge in [-0.2, -0.15) is 0 Å². The van der Waals surface area contributed by atoms with Gasteiger partial charge in [-0.1, -0.05) is 13.3 Å². The molecule has 0 saturated heterocycles. The fourth-order valence-electron chi connectivity index (χ4n) is 0.964. The maximum absolute atomic E-state index is 10.8. The first-order chi connectivity index (χ1) is 6.47. The van der Waals surface area contributed by atoms with Crippen LogP contribution < -0.4 is 0 Å². The van der Waals surface area contributed by atoms with Crippen molar-refractivity contribution in [3.05, 3.63) is 0 Å². The molecule has 5 heteroatoms. The van der Waals surface area contributed by atoms with Crippen molar-refractivity contribution in [3.63, 3.8) is 0 Å². The summed E-state index contributed by atoms with van der Waals surface area (Å²) in [7, 11) is 0. The van der Waals surface area contributed by atoms with Crippen LogP contribution in [0.2, 0.25) is 0 Å². The average molecular weight is 206 g/mol. The third-order valence-electron chi connectivity index (χ3n) is 1.69. The van der Waals surface area contributed by atoms with Crippen molar-refractivity contribution in [1.82, 2.24) is 0 Å². The maximum atomic E-state index is 10.8. The summed E-state index contributed by atoms with van der Waals surface area (Å²) in [6, 6.07) is 0. The van der Waals surface area contributed by atoms with Crippen molar-refractivity contribution in [1.29, 1.82) is 0 Å². The summed E-state index contributed by atoms with van der Waals surface area (Å²) in [5.74, 6) is -0.888. The number of carbonyl (C=O) groups excluding carboxylic acids is 1. The summed E-state index contributed by atoms with van der Waals surface area (Å²) in [5.41, 5.74) is 0. The third-order valence-corrected chi connectivity index (χ3v) is 1.69. The van der Waals surface area contributed by atoms with Crippen molar-refractivity contribution < 1.29 is 24.9 Å². The van der Waals surface area contributed by atoms with Gasteiger partial charge in [-0.25, -0.2) is 4.79 Å². The molecule has 0 radical (unpaired) electrons. The lowest BCUT2D eigenvalue weighted by molar-refractivity contribution is -0.180. The fourth-order valence-corrected chi connectivity index (χ4v) is 0.964. The number of aliphatic hydroxyl groups is 3. The maximum Gasteiger partial charge on any atom is 0.336 e. The molecule has 0 saturated carbocycles. The fraction of sp³-hybridized carbons (Fsp3) is 0.889. The van der Waals surface area contributed by atoms with Gasteiger partial charge in [0, 0.05) is 6.42 Å². The van der Waals surface area contributed by atoms with E-state index in [1.54, 1.807) is 0 Å². The Hall–Kier alpha value is -0.650. The second-order valence-electron chi connectivity index (χ2n) is 3.25. The Kier molecular flexibility index (Phi) is 6.44.